The summed E-state index contributed by atoms with van der Waals surface area (Å²) in [5.74, 6) is -0.959. The molecule has 1 unspecified atom stereocenters. The van der Waals surface area contributed by atoms with Crippen molar-refractivity contribution >= 4 is 11.3 Å². The SMILES string of the molecule is Cc1csc(CC(N)c2cc(F)ccc2F)n1. The van der Waals surface area contributed by atoms with Crippen molar-refractivity contribution in [2.75, 3.05) is 0 Å². The number of rotatable bonds is 3. The van der Waals surface area contributed by atoms with Crippen molar-refractivity contribution in [3.8, 4) is 0 Å². The average Bonchev–Trinajstić information content (AvgIpc) is 2.67. The molecule has 1 atom stereocenters. The molecule has 1 aromatic carbocycles. The molecule has 2 aromatic rings. The van der Waals surface area contributed by atoms with Gasteiger partial charge in [-0.2, -0.15) is 0 Å². The summed E-state index contributed by atoms with van der Waals surface area (Å²) in [6.07, 6.45) is 0.416. The predicted molar refractivity (Wildman–Crippen MR) is 63.8 cm³/mol. The van der Waals surface area contributed by atoms with Crippen molar-refractivity contribution in [2.24, 2.45) is 5.73 Å². The van der Waals surface area contributed by atoms with E-state index in [-0.39, 0.29) is 5.56 Å². The summed E-state index contributed by atoms with van der Waals surface area (Å²) < 4.78 is 26.5. The molecular weight excluding hydrogens is 242 g/mol. The van der Waals surface area contributed by atoms with Gasteiger partial charge in [-0.3, -0.25) is 0 Å². The maximum atomic E-state index is 13.5. The molecule has 0 aliphatic rings. The van der Waals surface area contributed by atoms with Gasteiger partial charge in [-0.05, 0) is 25.1 Å². The van der Waals surface area contributed by atoms with Crippen molar-refractivity contribution < 1.29 is 8.78 Å². The first-order valence-corrected chi connectivity index (χ1v) is 6.06. The Labute approximate surface area is 102 Å². The van der Waals surface area contributed by atoms with Crippen LogP contribution in [0.3, 0.4) is 0 Å². The maximum Gasteiger partial charge on any atom is 0.128 e. The maximum absolute atomic E-state index is 13.5. The van der Waals surface area contributed by atoms with Gasteiger partial charge in [0.2, 0.25) is 0 Å². The fourth-order valence-corrected chi connectivity index (χ4v) is 2.43. The van der Waals surface area contributed by atoms with E-state index in [0.29, 0.717) is 6.42 Å². The van der Waals surface area contributed by atoms with Crippen LogP contribution in [0, 0.1) is 18.6 Å². The topological polar surface area (TPSA) is 38.9 Å². The van der Waals surface area contributed by atoms with Gasteiger partial charge >= 0.3 is 0 Å². The third-order valence-electron chi connectivity index (χ3n) is 2.42. The van der Waals surface area contributed by atoms with Crippen molar-refractivity contribution in [3.63, 3.8) is 0 Å². The van der Waals surface area contributed by atoms with E-state index >= 15 is 0 Å². The lowest BCUT2D eigenvalue weighted by Gasteiger charge is -2.11. The van der Waals surface area contributed by atoms with Crippen LogP contribution in [-0.4, -0.2) is 4.98 Å². The smallest absolute Gasteiger partial charge is 0.128 e. The van der Waals surface area contributed by atoms with Gasteiger partial charge in [0.25, 0.3) is 0 Å². The summed E-state index contributed by atoms with van der Waals surface area (Å²) in [5.41, 5.74) is 6.97. The van der Waals surface area contributed by atoms with Crippen LogP contribution < -0.4 is 5.73 Å². The number of aromatic nitrogens is 1. The van der Waals surface area contributed by atoms with Gasteiger partial charge in [0.05, 0.1) is 5.01 Å². The van der Waals surface area contributed by atoms with Crippen molar-refractivity contribution in [1.82, 2.24) is 4.98 Å². The van der Waals surface area contributed by atoms with E-state index in [1.807, 2.05) is 12.3 Å². The normalized spacial score (nSPS) is 12.7. The molecular formula is C12H12F2N2S. The molecule has 90 valence electrons. The molecule has 0 aliphatic carbocycles. The van der Waals surface area contributed by atoms with Gasteiger partial charge in [-0.25, -0.2) is 13.8 Å². The molecule has 2 N–H and O–H groups in total. The first-order valence-electron chi connectivity index (χ1n) is 5.18. The number of nitrogens with two attached hydrogens (primary N) is 1. The molecule has 0 fully saturated rings. The van der Waals surface area contributed by atoms with E-state index in [4.69, 9.17) is 5.73 Å². The zero-order valence-electron chi connectivity index (χ0n) is 9.28. The van der Waals surface area contributed by atoms with Gasteiger partial charge in [0, 0.05) is 29.1 Å². The molecule has 17 heavy (non-hydrogen) atoms. The second-order valence-corrected chi connectivity index (χ2v) is 4.80. The lowest BCUT2D eigenvalue weighted by molar-refractivity contribution is 0.560. The molecule has 1 heterocycles. The third kappa shape index (κ3) is 2.87. The van der Waals surface area contributed by atoms with Crippen molar-refractivity contribution in [2.45, 2.75) is 19.4 Å². The van der Waals surface area contributed by atoms with Crippen molar-refractivity contribution in [1.29, 1.82) is 0 Å². The van der Waals surface area contributed by atoms with Crippen LogP contribution in [0.5, 0.6) is 0 Å². The Morgan fingerprint density at radius 2 is 2.18 bits per heavy atom. The Kier molecular flexibility index (Phi) is 3.49. The second kappa shape index (κ2) is 4.89. The van der Waals surface area contributed by atoms with Crippen LogP contribution in [0.15, 0.2) is 23.6 Å². The first-order chi connectivity index (χ1) is 8.06. The number of thiazole rings is 1. The van der Waals surface area contributed by atoms with Crippen LogP contribution in [0.2, 0.25) is 0 Å². The molecule has 0 amide bonds. The second-order valence-electron chi connectivity index (χ2n) is 3.86. The highest BCUT2D eigenvalue weighted by molar-refractivity contribution is 7.09. The van der Waals surface area contributed by atoms with Crippen LogP contribution in [0.1, 0.15) is 22.3 Å². The standard InChI is InChI=1S/C12H12F2N2S/c1-7-6-17-12(16-7)5-11(15)9-4-8(13)2-3-10(9)14/h2-4,6,11H,5,15H2,1H3. The monoisotopic (exact) mass is 254 g/mol. The van der Waals surface area contributed by atoms with E-state index in [1.165, 1.54) is 11.3 Å². The van der Waals surface area contributed by atoms with Crippen LogP contribution in [-0.2, 0) is 6.42 Å². The van der Waals surface area contributed by atoms with Gasteiger partial charge in [-0.15, -0.1) is 11.3 Å². The lowest BCUT2D eigenvalue weighted by Crippen LogP contribution is -2.15. The summed E-state index contributed by atoms with van der Waals surface area (Å²) in [7, 11) is 0. The molecule has 0 saturated carbocycles. The van der Waals surface area contributed by atoms with Crippen LogP contribution >= 0.6 is 11.3 Å². The molecule has 0 radical (unpaired) electrons. The molecule has 0 bridgehead atoms. The highest BCUT2D eigenvalue weighted by Crippen LogP contribution is 2.21. The largest absolute Gasteiger partial charge is 0.324 e. The Bertz CT molecular complexity index is 525. The number of aryl methyl sites for hydroxylation is 1. The van der Waals surface area contributed by atoms with Crippen molar-refractivity contribution in [3.05, 3.63) is 51.5 Å². The number of halogens is 2. The van der Waals surface area contributed by atoms with E-state index in [9.17, 15) is 8.78 Å². The zero-order chi connectivity index (χ0) is 12.4. The average molecular weight is 254 g/mol. The van der Waals surface area contributed by atoms with Gasteiger partial charge in [-0.1, -0.05) is 0 Å². The van der Waals surface area contributed by atoms with E-state index in [1.54, 1.807) is 0 Å². The van der Waals surface area contributed by atoms with Gasteiger partial charge in [0.15, 0.2) is 0 Å². The molecule has 2 nitrogen and oxygen atoms in total. The van der Waals surface area contributed by atoms with Gasteiger partial charge in [0.1, 0.15) is 11.6 Å². The summed E-state index contributed by atoms with van der Waals surface area (Å²) in [4.78, 5) is 4.25. The quantitative estimate of drug-likeness (QED) is 0.914. The summed E-state index contributed by atoms with van der Waals surface area (Å²) in [5, 5.41) is 2.74. The van der Waals surface area contributed by atoms with E-state index in [2.05, 4.69) is 4.98 Å². The van der Waals surface area contributed by atoms with Gasteiger partial charge < -0.3 is 5.73 Å². The minimum atomic E-state index is -0.573. The molecule has 0 saturated heterocycles. The minimum absolute atomic E-state index is 0.192. The fraction of sp³-hybridized carbons (Fsp3) is 0.250. The highest BCUT2D eigenvalue weighted by atomic mass is 32.1. The van der Waals surface area contributed by atoms with E-state index < -0.39 is 17.7 Å². The predicted octanol–water partition coefficient (Wildman–Crippen LogP) is 2.97. The lowest BCUT2D eigenvalue weighted by atomic mass is 10.0. The number of nitrogens with zero attached hydrogens (tertiary/aromatic N) is 1. The number of hydrogen-bond donors (Lipinski definition) is 1. The zero-order valence-corrected chi connectivity index (χ0v) is 10.1. The minimum Gasteiger partial charge on any atom is -0.324 e. The Morgan fingerprint density at radius 1 is 1.41 bits per heavy atom. The fourth-order valence-electron chi connectivity index (χ4n) is 1.59. The molecule has 0 spiro atoms. The van der Waals surface area contributed by atoms with Crippen LogP contribution in [0.4, 0.5) is 8.78 Å². The molecule has 0 aliphatic heterocycles. The summed E-state index contributed by atoms with van der Waals surface area (Å²) >= 11 is 1.48. The Hall–Kier alpha value is -1.33. The molecule has 2 rings (SSSR count). The molecule has 5 heteroatoms. The summed E-state index contributed by atoms with van der Waals surface area (Å²) in [6.45, 7) is 1.88. The first kappa shape index (κ1) is 12.1. The summed E-state index contributed by atoms with van der Waals surface area (Å²) in [6, 6.07) is 2.74. The molecule has 1 aromatic heterocycles. The third-order valence-corrected chi connectivity index (χ3v) is 3.41. The van der Waals surface area contributed by atoms with Crippen LogP contribution in [0.25, 0.3) is 0 Å². The highest BCUT2D eigenvalue weighted by Gasteiger charge is 2.14. The Balaban J connectivity index is 2.19. The number of benzene rings is 1. The van der Waals surface area contributed by atoms with E-state index in [0.717, 1.165) is 28.9 Å². The number of hydrogen-bond acceptors (Lipinski definition) is 3. The Morgan fingerprint density at radius 3 is 2.82 bits per heavy atom.